The molecule has 4 rings (SSSR count). The van der Waals surface area contributed by atoms with Crippen molar-refractivity contribution in [2.75, 3.05) is 9.62 Å². The maximum atomic E-state index is 13.3. The Kier molecular flexibility index (Phi) is 7.04. The molecule has 0 spiro atoms. The zero-order valence-corrected chi connectivity index (χ0v) is 19.1. The second-order valence-corrected chi connectivity index (χ2v) is 8.33. The highest BCUT2D eigenvalue weighted by Gasteiger charge is 2.17. The highest BCUT2D eigenvalue weighted by Crippen LogP contribution is 2.36. The van der Waals surface area contributed by atoms with Gasteiger partial charge in [-0.2, -0.15) is 0 Å². The quantitative estimate of drug-likeness (QED) is 0.151. The Morgan fingerprint density at radius 3 is 2.06 bits per heavy atom. The first-order valence-corrected chi connectivity index (χ1v) is 11.4. The third kappa shape index (κ3) is 5.37. The number of nitrogens with zero attached hydrogens (tertiary/aromatic N) is 2. The fourth-order valence-electron chi connectivity index (χ4n) is 3.44. The van der Waals surface area contributed by atoms with E-state index >= 15 is 0 Å². The Balaban J connectivity index is 1.54. The Morgan fingerprint density at radius 1 is 0.917 bits per heavy atom. The lowest BCUT2D eigenvalue weighted by atomic mass is 10.0. The number of non-ortho nitro benzene ring substituents is 1. The number of hydrogen-bond acceptors (Lipinski definition) is 6. The van der Waals surface area contributed by atoms with Gasteiger partial charge in [-0.1, -0.05) is 12.1 Å². The summed E-state index contributed by atoms with van der Waals surface area (Å²) in [6.07, 6.45) is 0. The van der Waals surface area contributed by atoms with Crippen molar-refractivity contribution in [3.05, 3.63) is 112 Å². The Bertz CT molecular complexity index is 1440. The zero-order valence-electron chi connectivity index (χ0n) is 18.3. The van der Waals surface area contributed by atoms with Gasteiger partial charge in [-0.3, -0.25) is 23.4 Å². The van der Waals surface area contributed by atoms with Crippen LogP contribution in [-0.2, 0) is 11.3 Å². The van der Waals surface area contributed by atoms with Crippen LogP contribution in [0, 0.1) is 15.9 Å². The summed E-state index contributed by atoms with van der Waals surface area (Å²) < 4.78 is 37.8. The number of anilines is 3. The SMILES string of the molecule is O=C(Nc1ccc(O)c(N(c2ccc(F)cc2)S(=O)[O-])c1)c1ccc(-c2ccc([N+](=O)[O-])cc2)cc1. The monoisotopic (exact) mass is 506 g/mol. The number of nitro groups is 1. The van der Waals surface area contributed by atoms with Crippen LogP contribution >= 0.6 is 0 Å². The second-order valence-electron chi connectivity index (χ2n) is 7.53. The molecule has 0 heterocycles. The Hall–Kier alpha value is -4.61. The van der Waals surface area contributed by atoms with Gasteiger partial charge in [0.15, 0.2) is 0 Å². The summed E-state index contributed by atoms with van der Waals surface area (Å²) in [5, 5.41) is 23.7. The van der Waals surface area contributed by atoms with E-state index in [1.54, 1.807) is 36.4 Å². The number of amides is 1. The molecule has 182 valence electrons. The molecule has 0 saturated carbocycles. The summed E-state index contributed by atoms with van der Waals surface area (Å²) in [5.74, 6) is -1.41. The number of benzene rings is 4. The van der Waals surface area contributed by atoms with Crippen molar-refractivity contribution in [2.45, 2.75) is 0 Å². The number of halogens is 1. The Morgan fingerprint density at radius 2 is 1.50 bits per heavy atom. The topological polar surface area (TPSA) is 136 Å². The molecule has 0 aliphatic carbocycles. The maximum absolute atomic E-state index is 13.3. The van der Waals surface area contributed by atoms with Gasteiger partial charge in [0.1, 0.15) is 11.6 Å². The van der Waals surface area contributed by atoms with Crippen LogP contribution in [0.2, 0.25) is 0 Å². The molecule has 0 aliphatic rings. The molecule has 4 aromatic rings. The van der Waals surface area contributed by atoms with Crippen LogP contribution in [0.15, 0.2) is 91.0 Å². The van der Waals surface area contributed by atoms with E-state index in [9.17, 15) is 33.2 Å². The van der Waals surface area contributed by atoms with Gasteiger partial charge in [-0.25, -0.2) is 4.39 Å². The van der Waals surface area contributed by atoms with Crippen molar-refractivity contribution in [1.29, 1.82) is 0 Å². The average molecular weight is 506 g/mol. The lowest BCUT2D eigenvalue weighted by molar-refractivity contribution is -0.384. The van der Waals surface area contributed by atoms with Crippen LogP contribution in [0.1, 0.15) is 10.4 Å². The second kappa shape index (κ2) is 10.3. The van der Waals surface area contributed by atoms with E-state index < -0.39 is 27.9 Å². The van der Waals surface area contributed by atoms with E-state index in [-0.39, 0.29) is 28.5 Å². The fourth-order valence-corrected chi connectivity index (χ4v) is 4.04. The van der Waals surface area contributed by atoms with E-state index in [2.05, 4.69) is 5.32 Å². The highest BCUT2D eigenvalue weighted by molar-refractivity contribution is 7.81. The summed E-state index contributed by atoms with van der Waals surface area (Å²) in [5.41, 5.74) is 1.93. The minimum Gasteiger partial charge on any atom is -0.755 e. The number of phenols is 1. The first-order valence-electron chi connectivity index (χ1n) is 10.4. The molecule has 0 aliphatic heterocycles. The van der Waals surface area contributed by atoms with Crippen LogP contribution in [-0.4, -0.2) is 24.7 Å². The van der Waals surface area contributed by atoms with E-state index in [4.69, 9.17) is 0 Å². The van der Waals surface area contributed by atoms with Gasteiger partial charge in [-0.05, 0) is 77.9 Å². The predicted octanol–water partition coefficient (Wildman–Crippen LogP) is 5.29. The average Bonchev–Trinajstić information content (AvgIpc) is 2.87. The molecule has 11 heteroatoms. The molecule has 0 bridgehead atoms. The normalized spacial score (nSPS) is 11.5. The molecule has 2 N–H and O–H groups in total. The first-order chi connectivity index (χ1) is 17.2. The molecule has 0 radical (unpaired) electrons. The summed E-state index contributed by atoms with van der Waals surface area (Å²) in [4.78, 5) is 23.1. The van der Waals surface area contributed by atoms with Gasteiger partial charge in [-0.15, -0.1) is 0 Å². The first kappa shape index (κ1) is 24.5. The molecule has 9 nitrogen and oxygen atoms in total. The van der Waals surface area contributed by atoms with Crippen LogP contribution < -0.4 is 9.62 Å². The third-order valence-electron chi connectivity index (χ3n) is 5.22. The van der Waals surface area contributed by atoms with Crippen molar-refractivity contribution in [3.8, 4) is 16.9 Å². The number of carbonyl (C=O) groups is 1. The van der Waals surface area contributed by atoms with E-state index in [1.165, 1.54) is 42.5 Å². The molecule has 1 amide bonds. The van der Waals surface area contributed by atoms with Crippen molar-refractivity contribution in [3.63, 3.8) is 0 Å². The van der Waals surface area contributed by atoms with Crippen LogP contribution in [0.4, 0.5) is 27.1 Å². The highest BCUT2D eigenvalue weighted by atomic mass is 32.2. The molecular formula is C25H17FN3O6S-. The zero-order chi connectivity index (χ0) is 25.8. The Labute approximate surface area is 207 Å². The largest absolute Gasteiger partial charge is 0.755 e. The summed E-state index contributed by atoms with van der Waals surface area (Å²) in [6, 6.07) is 21.1. The standard InChI is InChI=1S/C25H18FN3O6S/c26-19-7-12-21(13-8-19)28(36(34)35)23-15-20(9-14-24(23)30)27-25(31)18-3-1-16(2-4-18)17-5-10-22(11-6-17)29(32)33/h1-15,30H,(H,27,31)(H,34,35)/p-1. The van der Waals surface area contributed by atoms with Gasteiger partial charge >= 0.3 is 0 Å². The van der Waals surface area contributed by atoms with Gasteiger partial charge in [0.2, 0.25) is 0 Å². The molecule has 0 saturated heterocycles. The molecule has 0 fully saturated rings. The molecule has 0 aromatic heterocycles. The summed E-state index contributed by atoms with van der Waals surface area (Å²) in [6.45, 7) is 0. The molecule has 36 heavy (non-hydrogen) atoms. The van der Waals surface area contributed by atoms with Crippen molar-refractivity contribution in [1.82, 2.24) is 0 Å². The molecule has 4 aromatic carbocycles. The lowest BCUT2D eigenvalue weighted by Crippen LogP contribution is -2.20. The molecule has 1 atom stereocenters. The molecule has 1 unspecified atom stereocenters. The number of nitrogens with one attached hydrogen (secondary N) is 1. The van der Waals surface area contributed by atoms with Gasteiger partial charge < -0.3 is 15.0 Å². The number of phenolic OH excluding ortho intramolecular Hbond substituents is 1. The van der Waals surface area contributed by atoms with Crippen LogP contribution in [0.3, 0.4) is 0 Å². The van der Waals surface area contributed by atoms with Gasteiger partial charge in [0.25, 0.3) is 11.6 Å². The number of aromatic hydroxyl groups is 1. The molecular weight excluding hydrogens is 489 g/mol. The number of hydrogen-bond donors (Lipinski definition) is 2. The van der Waals surface area contributed by atoms with Crippen molar-refractivity contribution < 1.29 is 28.0 Å². The summed E-state index contributed by atoms with van der Waals surface area (Å²) in [7, 11) is 0. The minimum absolute atomic E-state index is 0.0261. The third-order valence-corrected chi connectivity index (χ3v) is 5.93. The van der Waals surface area contributed by atoms with E-state index in [1.807, 2.05) is 0 Å². The van der Waals surface area contributed by atoms with Gasteiger partial charge in [0.05, 0.1) is 27.6 Å². The minimum atomic E-state index is -2.85. The number of carbonyl (C=O) groups excluding carboxylic acids is 1. The number of rotatable bonds is 7. The van der Waals surface area contributed by atoms with Crippen LogP contribution in [0.5, 0.6) is 5.75 Å². The fraction of sp³-hybridized carbons (Fsp3) is 0. The van der Waals surface area contributed by atoms with Crippen LogP contribution in [0.25, 0.3) is 11.1 Å². The van der Waals surface area contributed by atoms with E-state index in [0.29, 0.717) is 5.56 Å². The summed E-state index contributed by atoms with van der Waals surface area (Å²) >= 11 is -2.85. The van der Waals surface area contributed by atoms with Crippen molar-refractivity contribution >= 4 is 39.9 Å². The lowest BCUT2D eigenvalue weighted by Gasteiger charge is -2.27. The maximum Gasteiger partial charge on any atom is 0.269 e. The van der Waals surface area contributed by atoms with E-state index in [0.717, 1.165) is 27.6 Å². The smallest absolute Gasteiger partial charge is 0.269 e. The van der Waals surface area contributed by atoms with Gasteiger partial charge in [0, 0.05) is 23.4 Å². The predicted molar refractivity (Wildman–Crippen MR) is 132 cm³/mol. The van der Waals surface area contributed by atoms with Crippen molar-refractivity contribution in [2.24, 2.45) is 0 Å². The number of nitro benzene ring substituents is 1.